The number of likely N-dealkylation sites (tertiary alicyclic amines) is 1. The van der Waals surface area contributed by atoms with Crippen molar-refractivity contribution < 1.29 is 9.90 Å². The molecule has 0 saturated carbocycles. The maximum atomic E-state index is 10.8. The standard InChI is InChI=1S/C7H9NO2/c1-2-3-7(10)8-4-6(9)5-8/h1,6,9H,3-5H2. The summed E-state index contributed by atoms with van der Waals surface area (Å²) in [5.41, 5.74) is 0. The third-order valence-electron chi connectivity index (χ3n) is 1.47. The first-order chi connectivity index (χ1) is 4.74. The minimum absolute atomic E-state index is 0.0622. The number of terminal acetylenes is 1. The van der Waals surface area contributed by atoms with Crippen LogP contribution in [-0.2, 0) is 4.79 Å². The van der Waals surface area contributed by atoms with E-state index >= 15 is 0 Å². The SMILES string of the molecule is C#CCC(=O)N1CC(O)C1. The zero-order valence-corrected chi connectivity index (χ0v) is 5.58. The summed E-state index contributed by atoms with van der Waals surface area (Å²) in [4.78, 5) is 12.4. The average Bonchev–Trinajstić information content (AvgIpc) is 1.82. The monoisotopic (exact) mass is 139 g/mol. The molecule has 3 nitrogen and oxygen atoms in total. The predicted molar refractivity (Wildman–Crippen MR) is 36.0 cm³/mol. The van der Waals surface area contributed by atoms with Crippen LogP contribution in [0, 0.1) is 12.3 Å². The molecule has 3 heteroatoms. The summed E-state index contributed by atoms with van der Waals surface area (Å²) < 4.78 is 0. The van der Waals surface area contributed by atoms with E-state index in [1.807, 2.05) is 0 Å². The lowest BCUT2D eigenvalue weighted by molar-refractivity contribution is -0.140. The van der Waals surface area contributed by atoms with Gasteiger partial charge in [-0.05, 0) is 0 Å². The van der Waals surface area contributed by atoms with Crippen molar-refractivity contribution in [3.05, 3.63) is 0 Å². The van der Waals surface area contributed by atoms with Gasteiger partial charge >= 0.3 is 0 Å². The van der Waals surface area contributed by atoms with E-state index < -0.39 is 0 Å². The summed E-state index contributed by atoms with van der Waals surface area (Å²) in [6.07, 6.45) is 4.73. The van der Waals surface area contributed by atoms with Crippen molar-refractivity contribution in [3.8, 4) is 12.3 Å². The number of aliphatic hydroxyl groups excluding tert-OH is 1. The van der Waals surface area contributed by atoms with Crippen molar-refractivity contribution in [3.63, 3.8) is 0 Å². The van der Waals surface area contributed by atoms with Gasteiger partial charge in [-0.2, -0.15) is 0 Å². The van der Waals surface area contributed by atoms with Crippen LogP contribution < -0.4 is 0 Å². The van der Waals surface area contributed by atoms with Crippen LogP contribution in [0.25, 0.3) is 0 Å². The fourth-order valence-electron chi connectivity index (χ4n) is 0.858. The molecule has 54 valence electrons. The first kappa shape index (κ1) is 7.10. The lowest BCUT2D eigenvalue weighted by Gasteiger charge is -2.35. The van der Waals surface area contributed by atoms with E-state index in [0.717, 1.165) is 0 Å². The quantitative estimate of drug-likeness (QED) is 0.484. The molecule has 1 aliphatic heterocycles. The van der Waals surface area contributed by atoms with Crippen LogP contribution in [0.15, 0.2) is 0 Å². The van der Waals surface area contributed by atoms with Crippen LogP contribution in [0.1, 0.15) is 6.42 Å². The molecule has 10 heavy (non-hydrogen) atoms. The molecule has 1 aliphatic rings. The van der Waals surface area contributed by atoms with Gasteiger partial charge in [-0.3, -0.25) is 4.79 Å². The Bertz CT molecular complexity index is 177. The van der Waals surface area contributed by atoms with Crippen LogP contribution >= 0.6 is 0 Å². The van der Waals surface area contributed by atoms with E-state index in [1.54, 1.807) is 4.90 Å². The van der Waals surface area contributed by atoms with Crippen LogP contribution in [0.4, 0.5) is 0 Å². The second-order valence-corrected chi connectivity index (χ2v) is 2.33. The van der Waals surface area contributed by atoms with Gasteiger partial charge < -0.3 is 10.0 Å². The van der Waals surface area contributed by atoms with E-state index in [-0.39, 0.29) is 18.4 Å². The van der Waals surface area contributed by atoms with E-state index in [2.05, 4.69) is 5.92 Å². The van der Waals surface area contributed by atoms with E-state index in [4.69, 9.17) is 11.5 Å². The van der Waals surface area contributed by atoms with Crippen molar-refractivity contribution in [2.75, 3.05) is 13.1 Å². The second kappa shape index (κ2) is 2.72. The molecule has 0 aromatic rings. The number of carbonyl (C=O) groups excluding carboxylic acids is 1. The maximum Gasteiger partial charge on any atom is 0.234 e. The second-order valence-electron chi connectivity index (χ2n) is 2.33. The van der Waals surface area contributed by atoms with Crippen LogP contribution in [0.5, 0.6) is 0 Å². The molecule has 0 unspecified atom stereocenters. The third kappa shape index (κ3) is 1.28. The Morgan fingerprint density at radius 2 is 2.40 bits per heavy atom. The zero-order valence-electron chi connectivity index (χ0n) is 5.58. The van der Waals surface area contributed by atoms with Crippen LogP contribution in [-0.4, -0.2) is 35.1 Å². The number of rotatable bonds is 1. The Hall–Kier alpha value is -1.01. The molecule has 0 aliphatic carbocycles. The van der Waals surface area contributed by atoms with Crippen molar-refractivity contribution in [2.24, 2.45) is 0 Å². The van der Waals surface area contributed by atoms with Gasteiger partial charge in [0.05, 0.1) is 12.5 Å². The number of aliphatic hydroxyl groups is 1. The maximum absolute atomic E-state index is 10.8. The smallest absolute Gasteiger partial charge is 0.234 e. The summed E-state index contributed by atoms with van der Waals surface area (Å²) in [7, 11) is 0. The molecule has 0 radical (unpaired) electrons. The number of carbonyl (C=O) groups is 1. The van der Waals surface area contributed by atoms with Gasteiger partial charge in [0, 0.05) is 13.1 Å². The molecule has 0 atom stereocenters. The predicted octanol–water partition coefficient (Wildman–Crippen LogP) is -0.787. The molecule has 1 rings (SSSR count). The molecule has 1 amide bonds. The molecule has 0 bridgehead atoms. The summed E-state index contributed by atoms with van der Waals surface area (Å²) in [6, 6.07) is 0. The number of hydrogen-bond acceptors (Lipinski definition) is 2. The van der Waals surface area contributed by atoms with Crippen molar-refractivity contribution >= 4 is 5.91 Å². The summed E-state index contributed by atoms with van der Waals surface area (Å²) in [6.45, 7) is 0.890. The molecular weight excluding hydrogens is 130 g/mol. The first-order valence-corrected chi connectivity index (χ1v) is 3.13. The van der Waals surface area contributed by atoms with Gasteiger partial charge in [0.15, 0.2) is 0 Å². The molecule has 0 aromatic carbocycles. The average molecular weight is 139 g/mol. The van der Waals surface area contributed by atoms with Gasteiger partial charge in [0.25, 0.3) is 0 Å². The Balaban J connectivity index is 2.26. The highest BCUT2D eigenvalue weighted by Crippen LogP contribution is 2.07. The Morgan fingerprint density at radius 3 is 2.80 bits per heavy atom. The number of nitrogens with zero attached hydrogens (tertiary/aromatic N) is 1. The van der Waals surface area contributed by atoms with Crippen molar-refractivity contribution in [2.45, 2.75) is 12.5 Å². The summed E-state index contributed by atoms with van der Waals surface area (Å²) in [5.74, 6) is 2.20. The minimum Gasteiger partial charge on any atom is -0.389 e. The van der Waals surface area contributed by atoms with Gasteiger partial charge in [-0.15, -0.1) is 6.42 Å². The van der Waals surface area contributed by atoms with Gasteiger partial charge in [0.2, 0.25) is 5.91 Å². The summed E-state index contributed by atoms with van der Waals surface area (Å²) in [5, 5.41) is 8.79. The van der Waals surface area contributed by atoms with Gasteiger partial charge in [0.1, 0.15) is 0 Å². The molecule has 1 fully saturated rings. The van der Waals surface area contributed by atoms with Crippen molar-refractivity contribution in [1.29, 1.82) is 0 Å². The Labute approximate surface area is 59.6 Å². The highest BCUT2D eigenvalue weighted by molar-refractivity contribution is 5.79. The van der Waals surface area contributed by atoms with Gasteiger partial charge in [-0.1, -0.05) is 5.92 Å². The topological polar surface area (TPSA) is 40.5 Å². The highest BCUT2D eigenvalue weighted by atomic mass is 16.3. The first-order valence-electron chi connectivity index (χ1n) is 3.13. The third-order valence-corrected chi connectivity index (χ3v) is 1.47. The van der Waals surface area contributed by atoms with E-state index in [0.29, 0.717) is 13.1 Å². The van der Waals surface area contributed by atoms with Crippen LogP contribution in [0.3, 0.4) is 0 Å². The largest absolute Gasteiger partial charge is 0.389 e. The molecule has 0 spiro atoms. The minimum atomic E-state index is -0.332. The zero-order chi connectivity index (χ0) is 7.56. The molecule has 1 heterocycles. The van der Waals surface area contributed by atoms with Crippen LogP contribution in [0.2, 0.25) is 0 Å². The number of amides is 1. The summed E-state index contributed by atoms with van der Waals surface area (Å²) >= 11 is 0. The van der Waals surface area contributed by atoms with E-state index in [1.165, 1.54) is 0 Å². The highest BCUT2D eigenvalue weighted by Gasteiger charge is 2.27. The normalized spacial score (nSPS) is 17.8. The number of hydrogen-bond donors (Lipinski definition) is 1. The lowest BCUT2D eigenvalue weighted by atomic mass is 10.1. The van der Waals surface area contributed by atoms with Crippen molar-refractivity contribution in [1.82, 2.24) is 4.90 Å². The van der Waals surface area contributed by atoms with Gasteiger partial charge in [-0.25, -0.2) is 0 Å². The molecular formula is C7H9NO2. The number of β-amino-alcohol motifs (C(OH)–C–C–N with tert-alkyl or cyclic N) is 1. The Morgan fingerprint density at radius 1 is 1.80 bits per heavy atom. The lowest BCUT2D eigenvalue weighted by Crippen LogP contribution is -2.53. The Kier molecular flexibility index (Phi) is 1.93. The fraction of sp³-hybridized carbons (Fsp3) is 0.571. The molecule has 1 N–H and O–H groups in total. The molecule has 0 aromatic heterocycles. The fourth-order valence-corrected chi connectivity index (χ4v) is 0.858. The molecule has 1 saturated heterocycles. The van der Waals surface area contributed by atoms with E-state index in [9.17, 15) is 4.79 Å².